The van der Waals surface area contributed by atoms with Crippen LogP contribution in [-0.2, 0) is 4.79 Å². The minimum absolute atomic E-state index is 0.210. The monoisotopic (exact) mass is 151 g/mol. The van der Waals surface area contributed by atoms with E-state index in [1.54, 1.807) is 4.90 Å². The largest absolute Gasteiger partial charge is 0.329 e. The molecule has 1 aliphatic heterocycles. The summed E-state index contributed by atoms with van der Waals surface area (Å²) in [5.74, 6) is 2.71. The van der Waals surface area contributed by atoms with Crippen LogP contribution in [0.1, 0.15) is 26.2 Å². The first kappa shape index (κ1) is 8.13. The molecule has 0 aromatic carbocycles. The number of rotatable bonds is 1. The first-order chi connectivity index (χ1) is 5.25. The molecule has 0 spiro atoms. The molecule has 0 N–H and O–H groups in total. The molecule has 1 amide bonds. The van der Waals surface area contributed by atoms with Crippen LogP contribution in [0.25, 0.3) is 0 Å². The number of amides is 1. The molecule has 1 aliphatic rings. The van der Waals surface area contributed by atoms with E-state index in [4.69, 9.17) is 6.42 Å². The Morgan fingerprint density at radius 2 is 2.55 bits per heavy atom. The van der Waals surface area contributed by atoms with Crippen molar-refractivity contribution in [3.05, 3.63) is 0 Å². The first-order valence-electron chi connectivity index (χ1n) is 3.98. The lowest BCUT2D eigenvalue weighted by Crippen LogP contribution is -2.41. The molecule has 1 saturated heterocycles. The summed E-state index contributed by atoms with van der Waals surface area (Å²) in [6.07, 6.45) is 7.92. The van der Waals surface area contributed by atoms with Crippen LogP contribution in [0.4, 0.5) is 0 Å². The molecular weight excluding hydrogens is 138 g/mol. The Morgan fingerprint density at radius 3 is 3.09 bits per heavy atom. The van der Waals surface area contributed by atoms with Crippen LogP contribution in [0, 0.1) is 12.3 Å². The van der Waals surface area contributed by atoms with Crippen molar-refractivity contribution >= 4 is 5.91 Å². The van der Waals surface area contributed by atoms with Gasteiger partial charge in [-0.1, -0.05) is 5.92 Å². The number of likely N-dealkylation sites (tertiary alicyclic amines) is 1. The molecule has 11 heavy (non-hydrogen) atoms. The normalized spacial score (nSPS) is 24.9. The van der Waals surface area contributed by atoms with Gasteiger partial charge in [0.1, 0.15) is 0 Å². The van der Waals surface area contributed by atoms with Crippen molar-refractivity contribution in [2.24, 2.45) is 0 Å². The first-order valence-corrected chi connectivity index (χ1v) is 3.98. The fourth-order valence-electron chi connectivity index (χ4n) is 1.44. The molecule has 1 heterocycles. The average Bonchev–Trinajstić information content (AvgIpc) is 1.97. The second-order valence-electron chi connectivity index (χ2n) is 2.97. The van der Waals surface area contributed by atoms with E-state index in [0.717, 1.165) is 12.8 Å². The maximum atomic E-state index is 11.2. The van der Waals surface area contributed by atoms with E-state index in [1.807, 2.05) is 0 Å². The van der Waals surface area contributed by atoms with Crippen LogP contribution in [0.2, 0.25) is 0 Å². The summed E-state index contributed by atoms with van der Waals surface area (Å²) < 4.78 is 0. The van der Waals surface area contributed by atoms with E-state index >= 15 is 0 Å². The summed E-state index contributed by atoms with van der Waals surface area (Å²) in [4.78, 5) is 13.0. The van der Waals surface area contributed by atoms with Crippen molar-refractivity contribution in [2.45, 2.75) is 32.2 Å². The Kier molecular flexibility index (Phi) is 2.53. The molecule has 60 valence electrons. The summed E-state index contributed by atoms with van der Waals surface area (Å²) >= 11 is 0. The smallest absolute Gasteiger partial charge is 0.223 e. The second kappa shape index (κ2) is 3.43. The quantitative estimate of drug-likeness (QED) is 0.512. The van der Waals surface area contributed by atoms with Gasteiger partial charge in [-0.3, -0.25) is 4.79 Å². The van der Waals surface area contributed by atoms with Gasteiger partial charge in [0.05, 0.1) is 6.54 Å². The third-order valence-corrected chi connectivity index (χ3v) is 2.13. The summed E-state index contributed by atoms with van der Waals surface area (Å²) in [7, 11) is 0. The number of carbonyl (C=O) groups is 1. The highest BCUT2D eigenvalue weighted by Crippen LogP contribution is 2.16. The van der Waals surface area contributed by atoms with Crippen LogP contribution in [0.3, 0.4) is 0 Å². The van der Waals surface area contributed by atoms with Crippen molar-refractivity contribution < 1.29 is 4.79 Å². The van der Waals surface area contributed by atoms with Gasteiger partial charge in [-0.2, -0.15) is 0 Å². The van der Waals surface area contributed by atoms with E-state index < -0.39 is 0 Å². The van der Waals surface area contributed by atoms with Gasteiger partial charge in [-0.25, -0.2) is 0 Å². The molecule has 0 aliphatic carbocycles. The van der Waals surface area contributed by atoms with Crippen LogP contribution < -0.4 is 0 Å². The second-order valence-corrected chi connectivity index (χ2v) is 2.97. The Hall–Kier alpha value is -0.970. The molecule has 0 radical (unpaired) electrons. The van der Waals surface area contributed by atoms with Gasteiger partial charge in [0.2, 0.25) is 5.91 Å². The minimum Gasteiger partial charge on any atom is -0.329 e. The molecule has 0 aromatic heterocycles. The highest BCUT2D eigenvalue weighted by molar-refractivity contribution is 5.77. The Bertz CT molecular complexity index is 192. The highest BCUT2D eigenvalue weighted by atomic mass is 16.2. The lowest BCUT2D eigenvalue weighted by molar-refractivity contribution is -0.135. The number of terminal acetylenes is 1. The third-order valence-electron chi connectivity index (χ3n) is 2.13. The molecular formula is C9H13NO. The molecule has 1 atom stereocenters. The van der Waals surface area contributed by atoms with Crippen molar-refractivity contribution in [1.29, 1.82) is 0 Å². The van der Waals surface area contributed by atoms with Crippen molar-refractivity contribution in [3.8, 4) is 12.3 Å². The van der Waals surface area contributed by atoms with Gasteiger partial charge in [-0.15, -0.1) is 6.42 Å². The van der Waals surface area contributed by atoms with Crippen LogP contribution in [0.5, 0.6) is 0 Å². The fraction of sp³-hybridized carbons (Fsp3) is 0.667. The van der Waals surface area contributed by atoms with E-state index in [9.17, 15) is 4.79 Å². The molecule has 1 fully saturated rings. The summed E-state index contributed by atoms with van der Waals surface area (Å²) in [5.41, 5.74) is 0. The maximum Gasteiger partial charge on any atom is 0.223 e. The molecule has 1 unspecified atom stereocenters. The zero-order valence-electron chi connectivity index (χ0n) is 6.84. The zero-order chi connectivity index (χ0) is 8.27. The molecule has 2 heteroatoms. The lowest BCUT2D eigenvalue weighted by atomic mass is 10.0. The van der Waals surface area contributed by atoms with Crippen molar-refractivity contribution in [2.75, 3.05) is 6.54 Å². The molecule has 0 bridgehead atoms. The minimum atomic E-state index is 0.210. The highest BCUT2D eigenvalue weighted by Gasteiger charge is 2.23. The number of hydrogen-bond donors (Lipinski definition) is 0. The van der Waals surface area contributed by atoms with Crippen molar-refractivity contribution in [3.63, 3.8) is 0 Å². The number of carbonyl (C=O) groups excluding carboxylic acids is 1. The van der Waals surface area contributed by atoms with E-state index in [-0.39, 0.29) is 5.91 Å². The zero-order valence-corrected chi connectivity index (χ0v) is 6.84. The van der Waals surface area contributed by atoms with Gasteiger partial charge < -0.3 is 4.90 Å². The van der Waals surface area contributed by atoms with Gasteiger partial charge in [0.25, 0.3) is 0 Å². The van der Waals surface area contributed by atoms with Gasteiger partial charge in [-0.05, 0) is 19.8 Å². The van der Waals surface area contributed by atoms with Crippen LogP contribution >= 0.6 is 0 Å². The van der Waals surface area contributed by atoms with E-state index in [2.05, 4.69) is 12.8 Å². The van der Waals surface area contributed by atoms with E-state index in [0.29, 0.717) is 19.0 Å². The molecule has 1 rings (SSSR count). The van der Waals surface area contributed by atoms with Crippen LogP contribution in [-0.4, -0.2) is 23.4 Å². The fourth-order valence-corrected chi connectivity index (χ4v) is 1.44. The Morgan fingerprint density at radius 1 is 1.82 bits per heavy atom. The average molecular weight is 151 g/mol. The number of hydrogen-bond acceptors (Lipinski definition) is 1. The van der Waals surface area contributed by atoms with E-state index in [1.165, 1.54) is 0 Å². The summed E-state index contributed by atoms with van der Waals surface area (Å²) in [5, 5.41) is 0. The standard InChI is InChI=1S/C9H13NO/c1-3-7-10-8(2)5-4-6-9(10)11/h1,8H,4-7H2,2H3. The topological polar surface area (TPSA) is 20.3 Å². The third kappa shape index (κ3) is 1.74. The Balaban J connectivity index is 2.57. The SMILES string of the molecule is C#CCN1C(=O)CCCC1C. The maximum absolute atomic E-state index is 11.2. The van der Waals surface area contributed by atoms with Gasteiger partial charge in [0, 0.05) is 12.5 Å². The number of nitrogens with zero attached hydrogens (tertiary/aromatic N) is 1. The predicted molar refractivity (Wildman–Crippen MR) is 43.9 cm³/mol. The Labute approximate surface area is 67.6 Å². The molecule has 0 aromatic rings. The predicted octanol–water partition coefficient (Wildman–Crippen LogP) is 1.02. The molecule has 2 nitrogen and oxygen atoms in total. The van der Waals surface area contributed by atoms with Gasteiger partial charge >= 0.3 is 0 Å². The molecule has 0 saturated carbocycles. The van der Waals surface area contributed by atoms with Gasteiger partial charge in [0.15, 0.2) is 0 Å². The van der Waals surface area contributed by atoms with Crippen LogP contribution in [0.15, 0.2) is 0 Å². The van der Waals surface area contributed by atoms with Crippen molar-refractivity contribution in [1.82, 2.24) is 4.90 Å². The summed E-state index contributed by atoms with van der Waals surface area (Å²) in [6, 6.07) is 0.340. The lowest BCUT2D eigenvalue weighted by Gasteiger charge is -2.31. The summed E-state index contributed by atoms with van der Waals surface area (Å²) in [6.45, 7) is 2.52. The number of piperidine rings is 1.